The average Bonchev–Trinajstić information content (AvgIpc) is 3.16. The van der Waals surface area contributed by atoms with Crippen molar-refractivity contribution in [3.8, 4) is 0 Å². The molecule has 2 aromatic carbocycles. The number of anilines is 1. The zero-order valence-corrected chi connectivity index (χ0v) is 15.4. The summed E-state index contributed by atoms with van der Waals surface area (Å²) in [5.74, 6) is 0.246. The number of aromatic nitrogens is 5. The summed E-state index contributed by atoms with van der Waals surface area (Å²) in [4.78, 5) is 21.3. The van der Waals surface area contributed by atoms with Crippen molar-refractivity contribution < 1.29 is 4.79 Å². The Morgan fingerprint density at radius 1 is 0.931 bits per heavy atom. The first-order chi connectivity index (χ1) is 14.3. The lowest BCUT2D eigenvalue weighted by Gasteiger charge is -2.06. The molecule has 5 aromatic rings. The number of benzene rings is 2. The van der Waals surface area contributed by atoms with E-state index < -0.39 is 0 Å². The summed E-state index contributed by atoms with van der Waals surface area (Å²) in [6, 6.07) is 22.6. The summed E-state index contributed by atoms with van der Waals surface area (Å²) in [6.07, 6.45) is 1.78. The number of hydrogen-bond acceptors (Lipinski definition) is 5. The second kappa shape index (κ2) is 7.12. The molecular formula is C22H16N6O. The van der Waals surface area contributed by atoms with Crippen LogP contribution in [0.25, 0.3) is 22.1 Å². The number of rotatable bonds is 4. The molecule has 0 fully saturated rings. The molecule has 7 nitrogen and oxygen atoms in total. The van der Waals surface area contributed by atoms with Gasteiger partial charge in [-0.15, -0.1) is 5.10 Å². The van der Waals surface area contributed by atoms with Gasteiger partial charge in [0.15, 0.2) is 5.65 Å². The van der Waals surface area contributed by atoms with Gasteiger partial charge in [-0.05, 0) is 48.0 Å². The molecule has 1 amide bonds. The van der Waals surface area contributed by atoms with Crippen molar-refractivity contribution in [1.82, 2.24) is 25.0 Å². The second-order valence-electron chi connectivity index (χ2n) is 6.64. The summed E-state index contributed by atoms with van der Waals surface area (Å²) in [5, 5.41) is 12.3. The van der Waals surface area contributed by atoms with E-state index in [0.29, 0.717) is 29.1 Å². The quantitative estimate of drug-likeness (QED) is 0.514. The Morgan fingerprint density at radius 2 is 1.79 bits per heavy atom. The van der Waals surface area contributed by atoms with Gasteiger partial charge < -0.3 is 5.32 Å². The lowest BCUT2D eigenvalue weighted by molar-refractivity contribution is 0.102. The molecule has 0 radical (unpaired) electrons. The Balaban J connectivity index is 1.43. The van der Waals surface area contributed by atoms with E-state index in [1.54, 1.807) is 35.1 Å². The third-order valence-electron chi connectivity index (χ3n) is 4.64. The molecule has 3 aromatic heterocycles. The van der Waals surface area contributed by atoms with E-state index in [-0.39, 0.29) is 5.91 Å². The van der Waals surface area contributed by atoms with Gasteiger partial charge >= 0.3 is 0 Å². The number of nitrogens with zero attached hydrogens (tertiary/aromatic N) is 5. The highest BCUT2D eigenvalue weighted by Gasteiger charge is 2.11. The minimum absolute atomic E-state index is 0.210. The predicted octanol–water partition coefficient (Wildman–Crippen LogP) is 3.68. The molecule has 0 saturated carbocycles. The Morgan fingerprint density at radius 3 is 2.69 bits per heavy atom. The van der Waals surface area contributed by atoms with E-state index in [2.05, 4.69) is 31.7 Å². The first-order valence-electron chi connectivity index (χ1n) is 9.16. The summed E-state index contributed by atoms with van der Waals surface area (Å²) < 4.78 is 1.73. The molecule has 0 aliphatic heterocycles. The van der Waals surface area contributed by atoms with Gasteiger partial charge in [-0.1, -0.05) is 35.5 Å². The number of amides is 1. The van der Waals surface area contributed by atoms with E-state index in [9.17, 15) is 4.79 Å². The normalized spacial score (nSPS) is 11.0. The lowest BCUT2D eigenvalue weighted by atomic mass is 10.1. The number of carbonyl (C=O) groups excluding carboxylic acids is 1. The summed E-state index contributed by atoms with van der Waals surface area (Å²) >= 11 is 0. The lowest BCUT2D eigenvalue weighted by Crippen LogP contribution is -2.13. The van der Waals surface area contributed by atoms with Crippen molar-refractivity contribution in [2.45, 2.75) is 6.54 Å². The number of nitrogens with one attached hydrogen (secondary N) is 1. The molecular weight excluding hydrogens is 364 g/mol. The Hall–Kier alpha value is -4.13. The maximum absolute atomic E-state index is 12.4. The molecule has 3 heterocycles. The van der Waals surface area contributed by atoms with Gasteiger partial charge in [-0.3, -0.25) is 9.78 Å². The van der Waals surface area contributed by atoms with Crippen molar-refractivity contribution in [2.24, 2.45) is 0 Å². The van der Waals surface area contributed by atoms with Gasteiger partial charge in [0.1, 0.15) is 11.3 Å². The van der Waals surface area contributed by atoms with Crippen molar-refractivity contribution in [3.63, 3.8) is 0 Å². The maximum Gasteiger partial charge on any atom is 0.256 e. The Kier molecular flexibility index (Phi) is 4.18. The van der Waals surface area contributed by atoms with E-state index in [4.69, 9.17) is 0 Å². The standard InChI is InChI=1S/C22H16N6O/c29-22(16-5-2-1-3-6-16)25-20-11-10-19-21(24-20)28(27-26-19)14-15-8-9-18-17(13-15)7-4-12-23-18/h1-13H,14H2,(H,24,25,29). The molecule has 1 N–H and O–H groups in total. The molecule has 29 heavy (non-hydrogen) atoms. The molecule has 5 rings (SSSR count). The first kappa shape index (κ1) is 17.0. The van der Waals surface area contributed by atoms with Gasteiger partial charge in [0.2, 0.25) is 0 Å². The molecule has 0 bridgehead atoms. The van der Waals surface area contributed by atoms with Crippen molar-refractivity contribution in [2.75, 3.05) is 5.32 Å². The number of pyridine rings is 2. The minimum atomic E-state index is -0.210. The first-order valence-corrected chi connectivity index (χ1v) is 9.16. The molecule has 7 heteroatoms. The molecule has 0 unspecified atom stereocenters. The van der Waals surface area contributed by atoms with E-state index >= 15 is 0 Å². The summed E-state index contributed by atoms with van der Waals surface area (Å²) in [5.41, 5.74) is 3.87. The number of hydrogen-bond donors (Lipinski definition) is 1. The minimum Gasteiger partial charge on any atom is -0.306 e. The maximum atomic E-state index is 12.4. The molecule has 0 atom stereocenters. The summed E-state index contributed by atoms with van der Waals surface area (Å²) in [7, 11) is 0. The fourth-order valence-electron chi connectivity index (χ4n) is 3.20. The Labute approximate surface area is 166 Å². The largest absolute Gasteiger partial charge is 0.306 e. The van der Waals surface area contributed by atoms with Crippen LogP contribution < -0.4 is 5.32 Å². The molecule has 0 saturated heterocycles. The zero-order chi connectivity index (χ0) is 19.6. The zero-order valence-electron chi connectivity index (χ0n) is 15.4. The van der Waals surface area contributed by atoms with Crippen LogP contribution in [0.5, 0.6) is 0 Å². The highest BCUT2D eigenvalue weighted by atomic mass is 16.1. The third-order valence-corrected chi connectivity index (χ3v) is 4.64. The van der Waals surface area contributed by atoms with Crippen LogP contribution in [0.2, 0.25) is 0 Å². The predicted molar refractivity (Wildman–Crippen MR) is 111 cm³/mol. The number of carbonyl (C=O) groups is 1. The van der Waals surface area contributed by atoms with Gasteiger partial charge in [-0.2, -0.15) is 0 Å². The SMILES string of the molecule is O=C(Nc1ccc2nnn(Cc3ccc4ncccc4c3)c2n1)c1ccccc1. The summed E-state index contributed by atoms with van der Waals surface area (Å²) in [6.45, 7) is 0.518. The average molecular weight is 380 g/mol. The van der Waals surface area contributed by atoms with Gasteiger partial charge in [0, 0.05) is 17.1 Å². The second-order valence-corrected chi connectivity index (χ2v) is 6.64. The fourth-order valence-corrected chi connectivity index (χ4v) is 3.20. The highest BCUT2D eigenvalue weighted by Crippen LogP contribution is 2.17. The van der Waals surface area contributed by atoms with Crippen LogP contribution in [-0.2, 0) is 6.54 Å². The monoisotopic (exact) mass is 380 g/mol. The van der Waals surface area contributed by atoms with Crippen LogP contribution in [0.4, 0.5) is 5.82 Å². The van der Waals surface area contributed by atoms with Crippen LogP contribution in [0.3, 0.4) is 0 Å². The molecule has 140 valence electrons. The fraction of sp³-hybridized carbons (Fsp3) is 0.0455. The topological polar surface area (TPSA) is 85.6 Å². The molecule has 0 aliphatic rings. The van der Waals surface area contributed by atoms with Crippen LogP contribution >= 0.6 is 0 Å². The third kappa shape index (κ3) is 3.41. The van der Waals surface area contributed by atoms with Gasteiger partial charge in [0.25, 0.3) is 5.91 Å². The van der Waals surface area contributed by atoms with Crippen LogP contribution in [0.1, 0.15) is 15.9 Å². The van der Waals surface area contributed by atoms with Gasteiger partial charge in [-0.25, -0.2) is 9.67 Å². The van der Waals surface area contributed by atoms with Crippen molar-refractivity contribution >= 4 is 33.8 Å². The number of fused-ring (bicyclic) bond motifs is 2. The van der Waals surface area contributed by atoms with Gasteiger partial charge in [0.05, 0.1) is 12.1 Å². The highest BCUT2D eigenvalue weighted by molar-refractivity contribution is 6.04. The smallest absolute Gasteiger partial charge is 0.256 e. The Bertz CT molecular complexity index is 1330. The van der Waals surface area contributed by atoms with E-state index in [1.807, 2.05) is 42.5 Å². The van der Waals surface area contributed by atoms with Crippen LogP contribution in [0, 0.1) is 0 Å². The van der Waals surface area contributed by atoms with Crippen molar-refractivity contribution in [3.05, 3.63) is 90.1 Å². The molecule has 0 aliphatic carbocycles. The molecule has 0 spiro atoms. The van der Waals surface area contributed by atoms with Crippen LogP contribution in [0.15, 0.2) is 79.0 Å². The van der Waals surface area contributed by atoms with E-state index in [0.717, 1.165) is 16.5 Å². The van der Waals surface area contributed by atoms with Crippen LogP contribution in [-0.4, -0.2) is 30.9 Å². The van der Waals surface area contributed by atoms with E-state index in [1.165, 1.54) is 0 Å². The van der Waals surface area contributed by atoms with Crippen molar-refractivity contribution in [1.29, 1.82) is 0 Å².